The summed E-state index contributed by atoms with van der Waals surface area (Å²) in [6.45, 7) is -0.00864. The van der Waals surface area contributed by atoms with E-state index in [9.17, 15) is 27.2 Å². The summed E-state index contributed by atoms with van der Waals surface area (Å²) >= 11 is 0. The number of carboxylic acid groups (broad SMARTS) is 1. The van der Waals surface area contributed by atoms with Crippen molar-refractivity contribution in [1.82, 2.24) is 5.32 Å². The summed E-state index contributed by atoms with van der Waals surface area (Å²) in [6, 6.07) is 8.88. The molecule has 0 aromatic heterocycles. The maximum atomic E-state index is 13.7. The molecule has 2 rings (SSSR count). The Morgan fingerprint density at radius 1 is 1.00 bits per heavy atom. The summed E-state index contributed by atoms with van der Waals surface area (Å²) in [6.07, 6.45) is -0.852. The number of halogens is 4. The lowest BCUT2D eigenvalue weighted by Gasteiger charge is -2.06. The van der Waals surface area contributed by atoms with Crippen molar-refractivity contribution in [3.63, 3.8) is 0 Å². The van der Waals surface area contributed by atoms with Gasteiger partial charge in [0, 0.05) is 13.0 Å². The summed E-state index contributed by atoms with van der Waals surface area (Å²) in [7, 11) is 0. The van der Waals surface area contributed by atoms with E-state index in [0.717, 1.165) is 5.56 Å². The van der Waals surface area contributed by atoms with Gasteiger partial charge >= 0.3 is 12.1 Å². The number of hydrogen-bond donors (Lipinski definition) is 2. The van der Waals surface area contributed by atoms with Gasteiger partial charge in [-0.2, -0.15) is 0 Å². The number of hydrogen-bond acceptors (Lipinski definition) is 3. The molecule has 0 bridgehead atoms. The Hall–Kier alpha value is -3.54. The van der Waals surface area contributed by atoms with Crippen molar-refractivity contribution < 1.29 is 37.0 Å². The number of alkyl carbamates (subject to hydrolysis) is 1. The fraction of sp³-hybridized carbons (Fsp3) is 0.158. The van der Waals surface area contributed by atoms with Crippen molar-refractivity contribution in [2.24, 2.45) is 0 Å². The van der Waals surface area contributed by atoms with E-state index in [0.29, 0.717) is 0 Å². The fourth-order valence-electron chi connectivity index (χ4n) is 2.08. The Morgan fingerprint density at radius 3 is 2.18 bits per heavy atom. The van der Waals surface area contributed by atoms with E-state index in [1.54, 1.807) is 30.3 Å². The van der Waals surface area contributed by atoms with Gasteiger partial charge in [-0.05, 0) is 5.56 Å². The van der Waals surface area contributed by atoms with Crippen molar-refractivity contribution >= 4 is 12.1 Å². The Labute approximate surface area is 156 Å². The molecule has 0 aliphatic rings. The molecule has 0 atom stereocenters. The molecule has 0 radical (unpaired) electrons. The number of aromatic carboxylic acids is 1. The lowest BCUT2D eigenvalue weighted by atomic mass is 10.1. The van der Waals surface area contributed by atoms with Crippen LogP contribution >= 0.6 is 0 Å². The van der Waals surface area contributed by atoms with Crippen LogP contribution in [-0.4, -0.2) is 23.7 Å². The maximum absolute atomic E-state index is 13.7. The van der Waals surface area contributed by atoms with Crippen LogP contribution in [0.4, 0.5) is 22.4 Å². The molecule has 5 nitrogen and oxygen atoms in total. The molecule has 0 saturated heterocycles. The van der Waals surface area contributed by atoms with Gasteiger partial charge in [-0.1, -0.05) is 42.2 Å². The first-order valence-electron chi connectivity index (χ1n) is 7.85. The van der Waals surface area contributed by atoms with Crippen molar-refractivity contribution in [2.75, 3.05) is 6.54 Å². The first-order chi connectivity index (χ1) is 13.3. The van der Waals surface area contributed by atoms with Crippen LogP contribution in [0.25, 0.3) is 0 Å². The molecule has 28 heavy (non-hydrogen) atoms. The minimum Gasteiger partial charge on any atom is -0.477 e. The zero-order valence-corrected chi connectivity index (χ0v) is 14.2. The van der Waals surface area contributed by atoms with Gasteiger partial charge in [0.2, 0.25) is 0 Å². The molecule has 1 amide bonds. The summed E-state index contributed by atoms with van der Waals surface area (Å²) in [5.74, 6) is -5.91. The monoisotopic (exact) mass is 395 g/mol. The molecule has 0 saturated carbocycles. The Balaban J connectivity index is 1.93. The molecule has 2 aromatic rings. The average molecular weight is 395 g/mol. The van der Waals surface area contributed by atoms with E-state index < -0.39 is 46.5 Å². The van der Waals surface area contributed by atoms with Crippen LogP contribution in [0, 0.1) is 35.1 Å². The van der Waals surface area contributed by atoms with Gasteiger partial charge in [-0.3, -0.25) is 0 Å². The van der Waals surface area contributed by atoms with Gasteiger partial charge in [0.15, 0.2) is 23.3 Å². The normalized spacial score (nSPS) is 10.0. The quantitative estimate of drug-likeness (QED) is 0.351. The molecular weight excluding hydrogens is 382 g/mol. The number of carbonyl (C=O) groups is 2. The number of nitrogens with one attached hydrogen (secondary N) is 1. The van der Waals surface area contributed by atoms with Crippen molar-refractivity contribution in [3.05, 3.63) is 70.3 Å². The third-order valence-electron chi connectivity index (χ3n) is 3.42. The molecule has 0 aliphatic carbocycles. The predicted octanol–water partition coefficient (Wildman–Crippen LogP) is 3.61. The topological polar surface area (TPSA) is 75.6 Å². The second-order valence-corrected chi connectivity index (χ2v) is 5.35. The molecule has 0 fully saturated rings. The predicted molar refractivity (Wildman–Crippen MR) is 89.4 cm³/mol. The maximum Gasteiger partial charge on any atom is 0.407 e. The fourth-order valence-corrected chi connectivity index (χ4v) is 2.08. The van der Waals surface area contributed by atoms with Crippen LogP contribution < -0.4 is 5.32 Å². The number of benzene rings is 2. The first kappa shape index (κ1) is 20.8. The molecular formula is C19H13F4NO4. The van der Waals surface area contributed by atoms with Gasteiger partial charge in [-0.25, -0.2) is 27.2 Å². The van der Waals surface area contributed by atoms with E-state index in [1.165, 1.54) is 0 Å². The molecule has 0 heterocycles. The molecule has 0 unspecified atom stereocenters. The summed E-state index contributed by atoms with van der Waals surface area (Å²) in [4.78, 5) is 22.2. The number of ether oxygens (including phenoxy) is 1. The number of carboxylic acids is 1. The zero-order chi connectivity index (χ0) is 20.7. The van der Waals surface area contributed by atoms with Gasteiger partial charge in [0.05, 0.1) is 0 Å². The Morgan fingerprint density at radius 2 is 1.61 bits per heavy atom. The highest BCUT2D eigenvalue weighted by Gasteiger charge is 2.28. The van der Waals surface area contributed by atoms with E-state index in [1.807, 2.05) is 5.92 Å². The summed E-state index contributed by atoms with van der Waals surface area (Å²) < 4.78 is 59.5. The van der Waals surface area contributed by atoms with Crippen LogP contribution in [0.1, 0.15) is 27.9 Å². The molecule has 0 aliphatic heterocycles. The Kier molecular flexibility index (Phi) is 6.98. The van der Waals surface area contributed by atoms with Gasteiger partial charge in [0.1, 0.15) is 17.7 Å². The number of carbonyl (C=O) groups excluding carboxylic acids is 1. The average Bonchev–Trinajstić information content (AvgIpc) is 2.67. The first-order valence-corrected chi connectivity index (χ1v) is 7.85. The number of amides is 1. The lowest BCUT2D eigenvalue weighted by molar-refractivity contribution is 0.0683. The van der Waals surface area contributed by atoms with Crippen LogP contribution in [0.15, 0.2) is 30.3 Å². The highest BCUT2D eigenvalue weighted by Crippen LogP contribution is 2.23. The van der Waals surface area contributed by atoms with Crippen molar-refractivity contribution in [2.45, 2.75) is 13.0 Å². The number of rotatable bonds is 5. The zero-order valence-electron chi connectivity index (χ0n) is 14.2. The van der Waals surface area contributed by atoms with Crippen molar-refractivity contribution in [3.8, 4) is 11.8 Å². The van der Waals surface area contributed by atoms with Crippen LogP contribution in [-0.2, 0) is 11.3 Å². The van der Waals surface area contributed by atoms with Crippen molar-refractivity contribution in [1.29, 1.82) is 0 Å². The van der Waals surface area contributed by atoms with E-state index in [4.69, 9.17) is 9.84 Å². The van der Waals surface area contributed by atoms with Crippen LogP contribution in [0.2, 0.25) is 0 Å². The minimum atomic E-state index is -2.15. The molecule has 9 heteroatoms. The highest BCUT2D eigenvalue weighted by atomic mass is 19.2. The SMILES string of the molecule is O=C(NCCC#Cc1c(F)c(F)c(C(=O)O)c(F)c1F)OCc1ccccc1. The third-order valence-corrected chi connectivity index (χ3v) is 3.42. The lowest BCUT2D eigenvalue weighted by Crippen LogP contribution is -2.24. The minimum absolute atomic E-state index is 0.0449. The molecule has 2 aromatic carbocycles. The molecule has 2 N–H and O–H groups in total. The van der Waals surface area contributed by atoms with Crippen LogP contribution in [0.5, 0.6) is 0 Å². The van der Waals surface area contributed by atoms with Gasteiger partial charge in [0.25, 0.3) is 0 Å². The smallest absolute Gasteiger partial charge is 0.407 e. The third kappa shape index (κ3) is 5.01. The van der Waals surface area contributed by atoms with E-state index >= 15 is 0 Å². The van der Waals surface area contributed by atoms with E-state index in [-0.39, 0.29) is 19.6 Å². The second kappa shape index (κ2) is 9.41. The van der Waals surface area contributed by atoms with Crippen LogP contribution in [0.3, 0.4) is 0 Å². The standard InChI is InChI=1S/C19H13F4NO4/c20-14-12(15(21)17(23)13(16(14)22)18(25)26)8-4-5-9-24-19(27)28-10-11-6-2-1-3-7-11/h1-3,6-7H,5,9-10H2,(H,24,27)(H,25,26). The van der Waals surface area contributed by atoms with E-state index in [2.05, 4.69) is 11.2 Å². The van der Waals surface area contributed by atoms with Gasteiger partial charge in [-0.15, -0.1) is 0 Å². The largest absolute Gasteiger partial charge is 0.477 e. The van der Waals surface area contributed by atoms with Gasteiger partial charge < -0.3 is 15.2 Å². The highest BCUT2D eigenvalue weighted by molar-refractivity contribution is 5.88. The second-order valence-electron chi connectivity index (χ2n) is 5.35. The summed E-state index contributed by atoms with van der Waals surface area (Å²) in [5.41, 5.74) is -2.19. The molecule has 0 spiro atoms. The molecule has 146 valence electrons. The Bertz CT molecular complexity index is 923. The summed E-state index contributed by atoms with van der Waals surface area (Å²) in [5, 5.41) is 10.9.